The minimum absolute atomic E-state index is 0.639. The molecule has 0 saturated carbocycles. The van der Waals surface area contributed by atoms with E-state index in [1.165, 1.54) is 0 Å². The Balaban J connectivity index is 2.24. The summed E-state index contributed by atoms with van der Waals surface area (Å²) in [7, 11) is 0. The fraction of sp³-hybridized carbons (Fsp3) is 0.462. The van der Waals surface area contributed by atoms with Crippen LogP contribution in [0.1, 0.15) is 12.5 Å². The third-order valence-corrected chi connectivity index (χ3v) is 3.74. The lowest BCUT2D eigenvalue weighted by Gasteiger charge is -2.29. The number of morpholine rings is 1. The summed E-state index contributed by atoms with van der Waals surface area (Å²) in [5, 5.41) is 0. The number of benzene rings is 1. The first kappa shape index (κ1) is 13.8. The van der Waals surface area contributed by atoms with Gasteiger partial charge in [-0.1, -0.05) is 28.1 Å². The van der Waals surface area contributed by atoms with Crippen LogP contribution >= 0.6 is 28.1 Å². The van der Waals surface area contributed by atoms with E-state index >= 15 is 0 Å². The van der Waals surface area contributed by atoms with Crippen molar-refractivity contribution >= 4 is 33.1 Å². The highest BCUT2D eigenvalue weighted by molar-refractivity contribution is 9.10. The van der Waals surface area contributed by atoms with Gasteiger partial charge in [0, 0.05) is 17.6 Å². The smallest absolute Gasteiger partial charge is 0.129 e. The van der Waals surface area contributed by atoms with Crippen molar-refractivity contribution in [2.75, 3.05) is 32.9 Å². The maximum Gasteiger partial charge on any atom is 0.129 e. The van der Waals surface area contributed by atoms with Crippen LogP contribution in [-0.4, -0.2) is 42.8 Å². The average molecular weight is 330 g/mol. The first-order valence-corrected chi connectivity index (χ1v) is 7.22. The zero-order chi connectivity index (χ0) is 13.0. The Morgan fingerprint density at radius 3 is 2.83 bits per heavy atom. The van der Waals surface area contributed by atoms with Gasteiger partial charge < -0.3 is 14.4 Å². The van der Waals surface area contributed by atoms with E-state index in [9.17, 15) is 0 Å². The number of nitrogens with zero attached hydrogens (tertiary/aromatic N) is 1. The number of halogens is 1. The highest BCUT2D eigenvalue weighted by Gasteiger charge is 2.18. The van der Waals surface area contributed by atoms with Crippen molar-refractivity contribution in [3.05, 3.63) is 28.2 Å². The zero-order valence-corrected chi connectivity index (χ0v) is 12.7. The molecule has 1 saturated heterocycles. The Kier molecular flexibility index (Phi) is 4.97. The largest absolute Gasteiger partial charge is 0.493 e. The minimum Gasteiger partial charge on any atom is -0.493 e. The van der Waals surface area contributed by atoms with E-state index < -0.39 is 0 Å². The Bertz CT molecular complexity index is 433. The van der Waals surface area contributed by atoms with Gasteiger partial charge in [0.2, 0.25) is 0 Å². The lowest BCUT2D eigenvalue weighted by Crippen LogP contribution is -2.40. The normalized spacial score (nSPS) is 15.6. The van der Waals surface area contributed by atoms with Gasteiger partial charge in [-0.3, -0.25) is 0 Å². The van der Waals surface area contributed by atoms with Crippen LogP contribution < -0.4 is 4.74 Å². The Labute approximate surface area is 121 Å². The maximum absolute atomic E-state index is 5.64. The molecule has 5 heteroatoms. The molecule has 0 spiro atoms. The number of hydrogen-bond acceptors (Lipinski definition) is 3. The van der Waals surface area contributed by atoms with Crippen LogP contribution in [0.2, 0.25) is 0 Å². The Hall–Kier alpha value is -0.650. The van der Waals surface area contributed by atoms with Crippen LogP contribution in [0.25, 0.3) is 0 Å². The number of rotatable bonds is 3. The molecule has 1 aliphatic heterocycles. The van der Waals surface area contributed by atoms with Gasteiger partial charge in [0.15, 0.2) is 0 Å². The Morgan fingerprint density at radius 1 is 1.44 bits per heavy atom. The van der Waals surface area contributed by atoms with Crippen molar-refractivity contribution in [3.8, 4) is 5.75 Å². The fourth-order valence-corrected chi connectivity index (χ4v) is 2.59. The second kappa shape index (κ2) is 6.50. The van der Waals surface area contributed by atoms with Crippen molar-refractivity contribution in [1.82, 2.24) is 4.90 Å². The summed E-state index contributed by atoms with van der Waals surface area (Å²) in [5.74, 6) is 0.845. The van der Waals surface area contributed by atoms with Crippen molar-refractivity contribution in [1.29, 1.82) is 0 Å². The number of ether oxygens (including phenoxy) is 2. The van der Waals surface area contributed by atoms with Crippen LogP contribution in [0, 0.1) is 0 Å². The molecule has 2 rings (SSSR count). The summed E-state index contributed by atoms with van der Waals surface area (Å²) in [6.45, 7) is 5.77. The maximum atomic E-state index is 5.64. The van der Waals surface area contributed by atoms with E-state index in [-0.39, 0.29) is 0 Å². The van der Waals surface area contributed by atoms with Gasteiger partial charge in [0.1, 0.15) is 10.7 Å². The van der Waals surface area contributed by atoms with Crippen LogP contribution in [-0.2, 0) is 4.74 Å². The second-order valence-electron chi connectivity index (χ2n) is 3.98. The monoisotopic (exact) mass is 329 g/mol. The molecule has 0 bridgehead atoms. The quantitative estimate of drug-likeness (QED) is 0.795. The number of thiocarbonyl (C=S) groups is 1. The van der Waals surface area contributed by atoms with Gasteiger partial charge in [-0.25, -0.2) is 0 Å². The van der Waals surface area contributed by atoms with Gasteiger partial charge in [-0.15, -0.1) is 0 Å². The first-order chi connectivity index (χ1) is 8.72. The SMILES string of the molecule is CCOc1ccc(Br)cc1C(=S)N1CCOCC1. The lowest BCUT2D eigenvalue weighted by atomic mass is 10.2. The molecule has 98 valence electrons. The molecule has 1 aromatic carbocycles. The summed E-state index contributed by atoms with van der Waals surface area (Å²) in [6.07, 6.45) is 0. The van der Waals surface area contributed by atoms with Crippen LogP contribution in [0.3, 0.4) is 0 Å². The summed E-state index contributed by atoms with van der Waals surface area (Å²) >= 11 is 9.05. The predicted octanol–water partition coefficient (Wildman–Crippen LogP) is 2.86. The van der Waals surface area contributed by atoms with E-state index in [4.69, 9.17) is 21.7 Å². The van der Waals surface area contributed by atoms with E-state index in [0.717, 1.165) is 47.1 Å². The molecule has 0 amide bonds. The summed E-state index contributed by atoms with van der Waals surface area (Å²) < 4.78 is 12.0. The summed E-state index contributed by atoms with van der Waals surface area (Å²) in [4.78, 5) is 3.01. The topological polar surface area (TPSA) is 21.7 Å². The molecule has 18 heavy (non-hydrogen) atoms. The van der Waals surface area contributed by atoms with E-state index in [1.54, 1.807) is 0 Å². The molecule has 0 radical (unpaired) electrons. The molecule has 0 unspecified atom stereocenters. The molecule has 0 N–H and O–H groups in total. The molecule has 1 fully saturated rings. The van der Waals surface area contributed by atoms with Crippen molar-refractivity contribution < 1.29 is 9.47 Å². The van der Waals surface area contributed by atoms with Gasteiger partial charge in [-0.2, -0.15) is 0 Å². The minimum atomic E-state index is 0.639. The predicted molar refractivity (Wildman–Crippen MR) is 79.4 cm³/mol. The molecule has 1 heterocycles. The van der Waals surface area contributed by atoms with E-state index in [0.29, 0.717) is 6.61 Å². The lowest BCUT2D eigenvalue weighted by molar-refractivity contribution is 0.0692. The van der Waals surface area contributed by atoms with Crippen LogP contribution in [0.4, 0.5) is 0 Å². The standard InChI is InChI=1S/C13H16BrNO2S/c1-2-17-12-4-3-10(14)9-11(12)13(18)15-5-7-16-8-6-15/h3-4,9H,2,5-8H2,1H3. The highest BCUT2D eigenvalue weighted by atomic mass is 79.9. The van der Waals surface area contributed by atoms with Crippen molar-refractivity contribution in [2.45, 2.75) is 6.92 Å². The fourth-order valence-electron chi connectivity index (χ4n) is 1.89. The molecule has 1 aromatic rings. The van der Waals surface area contributed by atoms with Gasteiger partial charge >= 0.3 is 0 Å². The molecule has 0 aromatic heterocycles. The average Bonchev–Trinajstić information content (AvgIpc) is 2.41. The molecule has 3 nitrogen and oxygen atoms in total. The number of hydrogen-bond donors (Lipinski definition) is 0. The third kappa shape index (κ3) is 3.22. The zero-order valence-electron chi connectivity index (χ0n) is 10.3. The molecule has 1 aliphatic rings. The summed E-state index contributed by atoms with van der Waals surface area (Å²) in [6, 6.07) is 5.94. The van der Waals surface area contributed by atoms with Crippen LogP contribution in [0.5, 0.6) is 5.75 Å². The van der Waals surface area contributed by atoms with E-state index in [2.05, 4.69) is 20.8 Å². The van der Waals surface area contributed by atoms with Gasteiger partial charge in [-0.05, 0) is 25.1 Å². The van der Waals surface area contributed by atoms with Crippen molar-refractivity contribution in [3.63, 3.8) is 0 Å². The molecular weight excluding hydrogens is 314 g/mol. The highest BCUT2D eigenvalue weighted by Crippen LogP contribution is 2.25. The van der Waals surface area contributed by atoms with E-state index in [1.807, 2.05) is 25.1 Å². The molecule has 0 atom stereocenters. The molecular formula is C13H16BrNO2S. The second-order valence-corrected chi connectivity index (χ2v) is 5.28. The Morgan fingerprint density at radius 2 is 2.17 bits per heavy atom. The van der Waals surface area contributed by atoms with Gasteiger partial charge in [0.25, 0.3) is 0 Å². The molecule has 0 aliphatic carbocycles. The van der Waals surface area contributed by atoms with Crippen molar-refractivity contribution in [2.24, 2.45) is 0 Å². The van der Waals surface area contributed by atoms with Gasteiger partial charge in [0.05, 0.1) is 25.4 Å². The summed E-state index contributed by atoms with van der Waals surface area (Å²) in [5.41, 5.74) is 0.975. The van der Waals surface area contributed by atoms with Crippen LogP contribution in [0.15, 0.2) is 22.7 Å². The third-order valence-electron chi connectivity index (χ3n) is 2.77. The first-order valence-electron chi connectivity index (χ1n) is 6.01.